The van der Waals surface area contributed by atoms with Gasteiger partial charge in [0.1, 0.15) is 5.75 Å². The molecule has 0 radical (unpaired) electrons. The summed E-state index contributed by atoms with van der Waals surface area (Å²) in [5.41, 5.74) is -0.859. The lowest BCUT2D eigenvalue weighted by Crippen LogP contribution is -2.24. The maximum Gasteiger partial charge on any atom is 0.487 e. The zero-order valence-corrected chi connectivity index (χ0v) is 18.9. The maximum absolute atomic E-state index is 12.9. The summed E-state index contributed by atoms with van der Waals surface area (Å²) in [5, 5.41) is 15.9. The van der Waals surface area contributed by atoms with Crippen molar-refractivity contribution in [3.8, 4) is 5.75 Å². The second kappa shape index (κ2) is 9.78. The van der Waals surface area contributed by atoms with Crippen LogP contribution < -0.4 is 20.3 Å². The van der Waals surface area contributed by atoms with Gasteiger partial charge in [0.05, 0.1) is 29.2 Å². The van der Waals surface area contributed by atoms with Gasteiger partial charge in [-0.2, -0.15) is 0 Å². The number of aromatic nitrogens is 2. The Morgan fingerprint density at radius 2 is 2.00 bits per heavy atom. The minimum atomic E-state index is -3.82. The molecule has 2 aromatic heterocycles. The van der Waals surface area contributed by atoms with E-state index in [1.807, 2.05) is 17.9 Å². The number of ether oxygens (including phenoxy) is 1. The monoisotopic (exact) mass is 489 g/mol. The van der Waals surface area contributed by atoms with E-state index in [1.165, 1.54) is 30.5 Å². The summed E-state index contributed by atoms with van der Waals surface area (Å²) in [7, 11) is 0. The molecule has 0 spiro atoms. The summed E-state index contributed by atoms with van der Waals surface area (Å²) in [6.07, 6.45) is 5.00. The van der Waals surface area contributed by atoms with Crippen LogP contribution in [0.4, 0.5) is 31.7 Å². The van der Waals surface area contributed by atoms with Gasteiger partial charge in [-0.25, -0.2) is 4.98 Å². The summed E-state index contributed by atoms with van der Waals surface area (Å²) in [6, 6.07) is 8.90. The van der Waals surface area contributed by atoms with E-state index < -0.39 is 17.6 Å². The van der Waals surface area contributed by atoms with E-state index in [4.69, 9.17) is 11.6 Å². The van der Waals surface area contributed by atoms with Gasteiger partial charge in [0.25, 0.3) is 5.91 Å². The standard InChI is InChI=1S/C23H22ClF2N5O3/c1-14-6-8-27-12-20(14)30-19-10-15(11-28-21(19)31-9-7-17(32)13-31)22(33)29-16-2-4-18(5-3-16)34-23(24,25)26/h2-6,8,10-12,17,30,32H,7,9,13H2,1H3,(H,29,33). The number of aryl methyl sites for hydroxylation is 1. The summed E-state index contributed by atoms with van der Waals surface area (Å²) in [6.45, 7) is 3.01. The van der Waals surface area contributed by atoms with E-state index in [1.54, 1.807) is 18.5 Å². The molecular formula is C23H22ClF2N5O3. The SMILES string of the molecule is Cc1ccncc1Nc1cc(C(=O)Nc2ccc(OC(F)(F)Cl)cc2)cnc1N1CCC(O)C1. The van der Waals surface area contributed by atoms with Gasteiger partial charge in [-0.15, -0.1) is 8.78 Å². The molecule has 3 heterocycles. The predicted octanol–water partition coefficient (Wildman–Crippen LogP) is 4.52. The number of benzene rings is 1. The van der Waals surface area contributed by atoms with Crippen molar-refractivity contribution in [1.82, 2.24) is 9.97 Å². The molecule has 0 bridgehead atoms. The Bertz CT molecular complexity index is 1170. The Labute approximate surface area is 199 Å². The van der Waals surface area contributed by atoms with Crippen LogP contribution in [0.5, 0.6) is 5.75 Å². The van der Waals surface area contributed by atoms with Gasteiger partial charge in [-0.1, -0.05) is 0 Å². The molecule has 0 aliphatic carbocycles. The van der Waals surface area contributed by atoms with Gasteiger partial charge in [-0.3, -0.25) is 9.78 Å². The first-order valence-electron chi connectivity index (χ1n) is 10.5. The zero-order valence-electron chi connectivity index (χ0n) is 18.1. The molecule has 3 N–H and O–H groups in total. The molecule has 34 heavy (non-hydrogen) atoms. The Hall–Kier alpha value is -3.50. The van der Waals surface area contributed by atoms with Crippen molar-refractivity contribution in [2.24, 2.45) is 0 Å². The second-order valence-electron chi connectivity index (χ2n) is 7.83. The van der Waals surface area contributed by atoms with Crippen LogP contribution in [0.2, 0.25) is 0 Å². The van der Waals surface area contributed by atoms with Crippen molar-refractivity contribution in [1.29, 1.82) is 0 Å². The fourth-order valence-electron chi connectivity index (χ4n) is 3.54. The van der Waals surface area contributed by atoms with Crippen molar-refractivity contribution in [3.05, 3.63) is 66.1 Å². The fraction of sp³-hybridized carbons (Fsp3) is 0.261. The maximum atomic E-state index is 12.9. The number of hydrogen-bond donors (Lipinski definition) is 3. The molecule has 1 aliphatic rings. The third kappa shape index (κ3) is 5.89. The van der Waals surface area contributed by atoms with Gasteiger partial charge in [-0.05, 0) is 55.3 Å². The lowest BCUT2D eigenvalue weighted by atomic mass is 10.2. The van der Waals surface area contributed by atoms with Crippen molar-refractivity contribution < 1.29 is 23.4 Å². The number of alkyl halides is 3. The molecule has 1 aliphatic heterocycles. The summed E-state index contributed by atoms with van der Waals surface area (Å²) in [5.74, 6) is 0.0258. The van der Waals surface area contributed by atoms with Gasteiger partial charge >= 0.3 is 5.57 Å². The molecule has 1 aromatic carbocycles. The number of β-amino-alcohol motifs (C(OH)–C–C–N with tert-alkyl or cyclic N) is 1. The number of hydrogen-bond acceptors (Lipinski definition) is 7. The van der Waals surface area contributed by atoms with Gasteiger partial charge in [0, 0.05) is 42.8 Å². The van der Waals surface area contributed by atoms with Crippen molar-refractivity contribution in [3.63, 3.8) is 0 Å². The molecule has 3 aromatic rings. The highest BCUT2D eigenvalue weighted by atomic mass is 35.5. The molecule has 8 nitrogen and oxygen atoms in total. The highest BCUT2D eigenvalue weighted by Crippen LogP contribution is 2.31. The minimum Gasteiger partial charge on any atom is -0.420 e. The minimum absolute atomic E-state index is 0.143. The molecule has 1 amide bonds. The Morgan fingerprint density at radius 1 is 1.24 bits per heavy atom. The zero-order chi connectivity index (χ0) is 24.3. The summed E-state index contributed by atoms with van der Waals surface area (Å²) < 4.78 is 29.8. The lowest BCUT2D eigenvalue weighted by Gasteiger charge is -2.22. The number of aliphatic hydroxyl groups excluding tert-OH is 1. The van der Waals surface area contributed by atoms with E-state index in [9.17, 15) is 18.7 Å². The van der Waals surface area contributed by atoms with E-state index in [0.29, 0.717) is 36.7 Å². The van der Waals surface area contributed by atoms with Crippen molar-refractivity contribution in [2.75, 3.05) is 28.6 Å². The molecule has 1 saturated heterocycles. The molecule has 1 fully saturated rings. The second-order valence-corrected chi connectivity index (χ2v) is 8.27. The first-order chi connectivity index (χ1) is 16.2. The van der Waals surface area contributed by atoms with Crippen LogP contribution >= 0.6 is 11.6 Å². The van der Waals surface area contributed by atoms with E-state index >= 15 is 0 Å². The molecule has 0 saturated carbocycles. The van der Waals surface area contributed by atoms with Crippen LogP contribution in [0.1, 0.15) is 22.3 Å². The van der Waals surface area contributed by atoms with Crippen LogP contribution in [0.15, 0.2) is 55.0 Å². The van der Waals surface area contributed by atoms with Crippen molar-refractivity contribution >= 4 is 40.4 Å². The summed E-state index contributed by atoms with van der Waals surface area (Å²) in [4.78, 5) is 23.5. The highest BCUT2D eigenvalue weighted by Gasteiger charge is 2.27. The Kier molecular flexibility index (Phi) is 6.80. The predicted molar refractivity (Wildman–Crippen MR) is 125 cm³/mol. The number of anilines is 4. The van der Waals surface area contributed by atoms with E-state index in [2.05, 4.69) is 25.3 Å². The molecule has 1 atom stereocenters. The number of rotatable bonds is 7. The third-order valence-corrected chi connectivity index (χ3v) is 5.32. The normalized spacial score (nSPS) is 15.8. The Balaban J connectivity index is 1.56. The first-order valence-corrected chi connectivity index (χ1v) is 10.8. The topological polar surface area (TPSA) is 99.6 Å². The number of amides is 1. The highest BCUT2D eigenvalue weighted by molar-refractivity contribution is 6.20. The van der Waals surface area contributed by atoms with Crippen LogP contribution in [0, 0.1) is 6.92 Å². The van der Waals surface area contributed by atoms with E-state index in [-0.39, 0.29) is 11.3 Å². The first kappa shape index (κ1) is 23.7. The fourth-order valence-corrected chi connectivity index (χ4v) is 3.63. The van der Waals surface area contributed by atoms with Crippen LogP contribution in [0.3, 0.4) is 0 Å². The van der Waals surface area contributed by atoms with Crippen LogP contribution in [-0.2, 0) is 0 Å². The molecular weight excluding hydrogens is 468 g/mol. The Morgan fingerprint density at radius 3 is 2.65 bits per heavy atom. The average Bonchev–Trinajstić information content (AvgIpc) is 3.21. The van der Waals surface area contributed by atoms with Crippen LogP contribution in [0.25, 0.3) is 0 Å². The molecule has 178 valence electrons. The number of nitrogens with zero attached hydrogens (tertiary/aromatic N) is 3. The van der Waals surface area contributed by atoms with Gasteiger partial charge in [0.2, 0.25) is 0 Å². The lowest BCUT2D eigenvalue weighted by molar-refractivity contribution is -0.0964. The van der Waals surface area contributed by atoms with Crippen LogP contribution in [-0.4, -0.2) is 45.7 Å². The number of pyridine rings is 2. The number of carbonyl (C=O) groups is 1. The van der Waals surface area contributed by atoms with E-state index in [0.717, 1.165) is 11.3 Å². The number of carbonyl (C=O) groups excluding carboxylic acids is 1. The molecule has 11 heteroatoms. The van der Waals surface area contributed by atoms with Gasteiger partial charge < -0.3 is 25.4 Å². The summed E-state index contributed by atoms with van der Waals surface area (Å²) >= 11 is 4.76. The largest absolute Gasteiger partial charge is 0.487 e. The molecule has 4 rings (SSSR count). The third-order valence-electron chi connectivity index (χ3n) is 5.25. The number of halogens is 3. The average molecular weight is 490 g/mol. The van der Waals surface area contributed by atoms with Gasteiger partial charge in [0.15, 0.2) is 5.82 Å². The quantitative estimate of drug-likeness (QED) is 0.419. The number of aliphatic hydroxyl groups is 1. The number of nitrogens with one attached hydrogen (secondary N) is 2. The smallest absolute Gasteiger partial charge is 0.420 e. The molecule has 1 unspecified atom stereocenters. The van der Waals surface area contributed by atoms with Crippen molar-refractivity contribution in [2.45, 2.75) is 25.0 Å².